The topological polar surface area (TPSA) is 87.7 Å². The van der Waals surface area contributed by atoms with E-state index < -0.39 is 17.8 Å². The van der Waals surface area contributed by atoms with Crippen LogP contribution in [0.2, 0.25) is 0 Å². The van der Waals surface area contributed by atoms with Crippen LogP contribution in [0.25, 0.3) is 0 Å². The van der Waals surface area contributed by atoms with E-state index in [0.29, 0.717) is 17.8 Å². The van der Waals surface area contributed by atoms with Crippen LogP contribution in [0.1, 0.15) is 28.4 Å². The number of carbonyl (C=O) groups is 3. The molecule has 1 saturated heterocycles. The molecule has 7 nitrogen and oxygen atoms in total. The van der Waals surface area contributed by atoms with Gasteiger partial charge in [0.25, 0.3) is 0 Å². The molecule has 8 heteroatoms. The van der Waals surface area contributed by atoms with Gasteiger partial charge < -0.3 is 15.4 Å². The lowest BCUT2D eigenvalue weighted by Gasteiger charge is -2.38. The van der Waals surface area contributed by atoms with Crippen molar-refractivity contribution in [2.45, 2.75) is 12.5 Å². The maximum Gasteiger partial charge on any atom is 0.337 e. The number of hydrogen-bond donors (Lipinski definition) is 2. The molecule has 1 aliphatic heterocycles. The quantitative estimate of drug-likeness (QED) is 0.585. The molecule has 0 radical (unpaired) electrons. The minimum absolute atomic E-state index is 0.0843. The van der Waals surface area contributed by atoms with Gasteiger partial charge in [0.15, 0.2) is 0 Å². The first-order chi connectivity index (χ1) is 13.1. The van der Waals surface area contributed by atoms with E-state index in [1.165, 1.54) is 19.2 Å². The summed E-state index contributed by atoms with van der Waals surface area (Å²) in [7, 11) is 1.30. The van der Waals surface area contributed by atoms with Crippen LogP contribution in [0.15, 0.2) is 41.1 Å². The molecule has 1 aliphatic rings. The number of likely N-dealkylation sites (tertiary alicyclic amines) is 1. The van der Waals surface area contributed by atoms with Crippen molar-refractivity contribution in [1.29, 1.82) is 0 Å². The fourth-order valence-electron chi connectivity index (χ4n) is 2.84. The fraction of sp³-hybridized carbons (Fsp3) is 0.316. The molecule has 1 aromatic carbocycles. The minimum Gasteiger partial charge on any atom is -0.465 e. The Bertz CT molecular complexity index is 801. The number of hydrogen-bond acceptors (Lipinski definition) is 6. The van der Waals surface area contributed by atoms with Gasteiger partial charge >= 0.3 is 17.8 Å². The van der Waals surface area contributed by atoms with Crippen LogP contribution in [0, 0.1) is 0 Å². The first-order valence-electron chi connectivity index (χ1n) is 8.62. The van der Waals surface area contributed by atoms with E-state index in [1.807, 2.05) is 11.4 Å². The molecule has 1 atom stereocenters. The molecule has 142 valence electrons. The highest BCUT2D eigenvalue weighted by Crippen LogP contribution is 2.26. The number of anilines is 1. The van der Waals surface area contributed by atoms with Gasteiger partial charge in [-0.15, -0.1) is 0 Å². The lowest BCUT2D eigenvalue weighted by atomic mass is 10.0. The molecule has 2 heterocycles. The smallest absolute Gasteiger partial charge is 0.337 e. The van der Waals surface area contributed by atoms with Crippen molar-refractivity contribution in [3.8, 4) is 0 Å². The van der Waals surface area contributed by atoms with Gasteiger partial charge in [-0.25, -0.2) is 4.79 Å². The van der Waals surface area contributed by atoms with Crippen molar-refractivity contribution in [2.75, 3.05) is 32.1 Å². The van der Waals surface area contributed by atoms with Crippen LogP contribution < -0.4 is 10.6 Å². The average molecular weight is 387 g/mol. The van der Waals surface area contributed by atoms with E-state index in [-0.39, 0.29) is 6.04 Å². The summed E-state index contributed by atoms with van der Waals surface area (Å²) < 4.78 is 4.62. The number of thiophene rings is 1. The largest absolute Gasteiger partial charge is 0.465 e. The first-order valence-corrected chi connectivity index (χ1v) is 9.56. The standard InChI is InChI=1S/C19H21N3O4S/c1-26-19(25)13-3-5-15(6-4-13)21-18(24)17(23)20-11-16(22-8-2-9-22)14-7-10-27-12-14/h3-7,10,12,16H,2,8-9,11H2,1H3,(H,20,23)(H,21,24). The van der Waals surface area contributed by atoms with Crippen LogP contribution in [0.4, 0.5) is 5.69 Å². The number of rotatable bonds is 6. The Morgan fingerprint density at radius 2 is 1.89 bits per heavy atom. The lowest BCUT2D eigenvalue weighted by Crippen LogP contribution is -2.46. The van der Waals surface area contributed by atoms with E-state index in [4.69, 9.17) is 0 Å². The van der Waals surface area contributed by atoms with E-state index in [1.54, 1.807) is 23.5 Å². The van der Waals surface area contributed by atoms with Crippen molar-refractivity contribution in [3.63, 3.8) is 0 Å². The van der Waals surface area contributed by atoms with Crippen molar-refractivity contribution < 1.29 is 19.1 Å². The molecule has 0 saturated carbocycles. The van der Waals surface area contributed by atoms with Gasteiger partial charge in [0.1, 0.15) is 0 Å². The number of nitrogens with one attached hydrogen (secondary N) is 2. The molecule has 1 unspecified atom stereocenters. The third kappa shape index (κ3) is 4.72. The van der Waals surface area contributed by atoms with E-state index >= 15 is 0 Å². The predicted octanol–water partition coefficient (Wildman–Crippen LogP) is 2.04. The maximum absolute atomic E-state index is 12.2. The van der Waals surface area contributed by atoms with Crippen LogP contribution in [-0.2, 0) is 14.3 Å². The first kappa shape index (κ1) is 19.1. The summed E-state index contributed by atoms with van der Waals surface area (Å²) in [4.78, 5) is 38.0. The number of benzene rings is 1. The highest BCUT2D eigenvalue weighted by Gasteiger charge is 2.27. The summed E-state index contributed by atoms with van der Waals surface area (Å²) in [5.74, 6) is -1.89. The van der Waals surface area contributed by atoms with Crippen LogP contribution in [-0.4, -0.2) is 49.4 Å². The zero-order valence-electron chi connectivity index (χ0n) is 14.9. The second-order valence-corrected chi connectivity index (χ2v) is 6.98. The summed E-state index contributed by atoms with van der Waals surface area (Å²) in [6.45, 7) is 2.37. The summed E-state index contributed by atoms with van der Waals surface area (Å²) in [5.41, 5.74) is 1.95. The lowest BCUT2D eigenvalue weighted by molar-refractivity contribution is -0.136. The second-order valence-electron chi connectivity index (χ2n) is 6.20. The number of carbonyl (C=O) groups excluding carboxylic acids is 3. The Hall–Kier alpha value is -2.71. The van der Waals surface area contributed by atoms with Gasteiger partial charge in [0, 0.05) is 25.3 Å². The fourth-order valence-corrected chi connectivity index (χ4v) is 3.55. The molecule has 2 aromatic rings. The van der Waals surface area contributed by atoms with Crippen molar-refractivity contribution in [2.24, 2.45) is 0 Å². The summed E-state index contributed by atoms with van der Waals surface area (Å²) in [6.07, 6.45) is 1.15. The highest BCUT2D eigenvalue weighted by molar-refractivity contribution is 7.08. The molecular weight excluding hydrogens is 366 g/mol. The zero-order chi connectivity index (χ0) is 19.2. The Kier molecular flexibility index (Phi) is 6.20. The number of nitrogens with zero attached hydrogens (tertiary/aromatic N) is 1. The van der Waals surface area contributed by atoms with Gasteiger partial charge in [-0.3, -0.25) is 14.5 Å². The van der Waals surface area contributed by atoms with Crippen molar-refractivity contribution in [1.82, 2.24) is 10.2 Å². The van der Waals surface area contributed by atoms with Crippen LogP contribution in [0.5, 0.6) is 0 Å². The minimum atomic E-state index is -0.742. The normalized spacial score (nSPS) is 14.7. The summed E-state index contributed by atoms with van der Waals surface area (Å²) in [6, 6.07) is 8.27. The van der Waals surface area contributed by atoms with Crippen LogP contribution in [0.3, 0.4) is 0 Å². The number of esters is 1. The maximum atomic E-state index is 12.2. The molecular formula is C19H21N3O4S. The third-order valence-electron chi connectivity index (χ3n) is 4.49. The van der Waals surface area contributed by atoms with E-state index in [9.17, 15) is 14.4 Å². The number of methoxy groups -OCH3 is 1. The Labute approximate surface area is 161 Å². The van der Waals surface area contributed by atoms with E-state index in [0.717, 1.165) is 25.1 Å². The highest BCUT2D eigenvalue weighted by atomic mass is 32.1. The van der Waals surface area contributed by atoms with Crippen molar-refractivity contribution >= 4 is 34.8 Å². The summed E-state index contributed by atoms with van der Waals surface area (Å²) >= 11 is 1.62. The van der Waals surface area contributed by atoms with Gasteiger partial charge in [0.2, 0.25) is 0 Å². The number of ether oxygens (including phenoxy) is 1. The number of amides is 2. The predicted molar refractivity (Wildman–Crippen MR) is 103 cm³/mol. The Morgan fingerprint density at radius 1 is 1.15 bits per heavy atom. The average Bonchev–Trinajstić information content (AvgIpc) is 3.17. The molecule has 2 N–H and O–H groups in total. The van der Waals surface area contributed by atoms with Gasteiger partial charge in [-0.1, -0.05) is 0 Å². The third-order valence-corrected chi connectivity index (χ3v) is 5.19. The molecule has 0 bridgehead atoms. The van der Waals surface area contributed by atoms with Crippen LogP contribution >= 0.6 is 11.3 Å². The van der Waals surface area contributed by atoms with E-state index in [2.05, 4.69) is 25.7 Å². The zero-order valence-corrected chi connectivity index (χ0v) is 15.8. The second kappa shape index (κ2) is 8.79. The van der Waals surface area contributed by atoms with Gasteiger partial charge in [-0.05, 0) is 53.1 Å². The molecule has 0 spiro atoms. The summed E-state index contributed by atoms with van der Waals surface area (Å²) in [5, 5.41) is 9.32. The van der Waals surface area contributed by atoms with Crippen molar-refractivity contribution in [3.05, 3.63) is 52.2 Å². The molecule has 27 heavy (non-hydrogen) atoms. The van der Waals surface area contributed by atoms with Gasteiger partial charge in [-0.2, -0.15) is 11.3 Å². The molecule has 1 aromatic heterocycles. The Balaban J connectivity index is 1.54. The molecule has 3 rings (SSSR count). The molecule has 0 aliphatic carbocycles. The SMILES string of the molecule is COC(=O)c1ccc(NC(=O)C(=O)NCC(c2ccsc2)N2CCC2)cc1. The van der Waals surface area contributed by atoms with Gasteiger partial charge in [0.05, 0.1) is 18.7 Å². The monoisotopic (exact) mass is 387 g/mol. The molecule has 1 fully saturated rings. The molecule has 2 amide bonds. The Morgan fingerprint density at radius 3 is 2.44 bits per heavy atom.